The highest BCUT2D eigenvalue weighted by molar-refractivity contribution is 7.99. The Bertz CT molecular complexity index is 2160. The van der Waals surface area contributed by atoms with Gasteiger partial charge in [0.05, 0.1) is 43.9 Å². The standard InChI is InChI=1S/C6H10O4S.C6H10O4.C5H8O4.C4H6O6.C4H6O5.2C4H6O4S.C4H6O4.C4H4O4.C3H4O4.C2H4O3.C2H4O2S/c7-5-10-2-4-11-3-1-6(8)9;1-6(2,10-4-7)3-5(8)9;1-4(9-3-6)2-5(7)8;5-1-10-4(9)2(6)3(7)8;5-2-9-4(8)1-3(6)7;5-2-8-3-9-1-4(6)7;5-2-8-4(9)1-3(6)7;2*5-3-8-2-1-4(6)7;4-2-7-1-3(5)6;3-1-5-2-4;3-1-4-2-5/h5H,1-4H2,(H,8,9);4H,3H2,1-2H3,(H,8,9);3-4H,2H2,1H3,(H,7,8);1-2,4,6,9H,(H,7,8);2,4,8H,1H2,(H,6,7);2H,1,3H2,(H,6,7);2,4,9H,1H2,(H,6,7);3H,1-2H2,(H,6,7);1-3H,(H,6,7);2H,1H2,(H,5,6);1,4H,2H2;1,5H,2H2/b;;;;;;;;2-1+;;;. The SMILES string of the molecule is CC(C)(CC(=O)O)OC=O.CC(CC(=O)O)OC=O.O=CO/C=C/C(=O)O.O=COC(O)C(O)C(=O)O.O=COC(O)CC(=O)O.O=COC(S)CC(=O)O.O=COCC(=O)O.O=COCCC(=O)O.O=COCCSCCC(=O)O.O=COCO.O=COCS.O=COCSCC(=O)O. The maximum atomic E-state index is 10.1. The Morgan fingerprint density at radius 1 is 0.470 bits per heavy atom. The van der Waals surface area contributed by atoms with Gasteiger partial charge < -0.3 is 128 Å². The fourth-order valence-corrected chi connectivity index (χ4v) is 4.23. The van der Waals surface area contributed by atoms with Gasteiger partial charge in [-0.25, -0.2) is 14.4 Å². The van der Waals surface area contributed by atoms with Crippen LogP contribution in [0, 0.1) is 0 Å². The van der Waals surface area contributed by atoms with Crippen molar-refractivity contribution < 1.29 is 234 Å². The monoisotopic (exact) mass is 1550 g/mol. The van der Waals surface area contributed by atoms with Gasteiger partial charge in [-0.2, -0.15) is 11.8 Å². The van der Waals surface area contributed by atoms with Crippen LogP contribution < -0.4 is 0 Å². The Morgan fingerprint density at radius 3 is 1.26 bits per heavy atom. The smallest absolute Gasteiger partial charge is 0.341 e. The van der Waals surface area contributed by atoms with E-state index in [1.165, 1.54) is 32.5 Å². The van der Waals surface area contributed by atoms with E-state index in [9.17, 15) is 95.9 Å². The first-order valence-electron chi connectivity index (χ1n) is 24.6. The zero-order valence-corrected chi connectivity index (χ0v) is 55.4. The maximum Gasteiger partial charge on any atom is 0.341 e. The number of ether oxygens (including phenoxy) is 12. The Hall–Kier alpha value is -10.7. The van der Waals surface area contributed by atoms with Crippen molar-refractivity contribution in [2.24, 2.45) is 0 Å². The highest BCUT2D eigenvalue weighted by atomic mass is 32.2. The first kappa shape index (κ1) is 117. The summed E-state index contributed by atoms with van der Waals surface area (Å²) in [5.41, 5.74) is -1.73. The van der Waals surface area contributed by atoms with Gasteiger partial charge >= 0.3 is 59.7 Å². The second kappa shape index (κ2) is 97.0. The summed E-state index contributed by atoms with van der Waals surface area (Å²) in [6, 6.07) is 0. The van der Waals surface area contributed by atoms with Crippen LogP contribution in [-0.4, -0.2) is 300 Å². The Kier molecular flexibility index (Phi) is 113. The van der Waals surface area contributed by atoms with E-state index in [4.69, 9.17) is 81.1 Å². The number of thiol groups is 2. The van der Waals surface area contributed by atoms with E-state index in [2.05, 4.69) is 82.1 Å². The molecule has 0 aliphatic carbocycles. The number of carbonyl (C=O) groups excluding carboxylic acids is 12. The molecule has 0 aliphatic rings. The average molecular weight is 1550 g/mol. The predicted molar refractivity (Wildman–Crippen MR) is 324 cm³/mol. The van der Waals surface area contributed by atoms with Crippen LogP contribution in [0.1, 0.15) is 59.3 Å². The highest BCUT2D eigenvalue weighted by Crippen LogP contribution is 2.12. The number of thioether (sulfide) groups is 2. The Balaban J connectivity index is -0.0000000849. The zero-order valence-electron chi connectivity index (χ0n) is 51.9. The van der Waals surface area contributed by atoms with Crippen molar-refractivity contribution in [1.29, 1.82) is 0 Å². The average Bonchev–Trinajstić information content (AvgIpc) is 0.974. The van der Waals surface area contributed by atoms with Crippen LogP contribution in [0.25, 0.3) is 0 Å². The molecule has 0 rings (SSSR count). The number of aliphatic hydroxyl groups excluding tert-OH is 4. The van der Waals surface area contributed by atoms with Crippen LogP contribution in [0.3, 0.4) is 0 Å². The number of hydrogen-bond acceptors (Lipinski definition) is 42. The van der Waals surface area contributed by atoms with Crippen LogP contribution in [0.2, 0.25) is 0 Å². The molecule has 5 unspecified atom stereocenters. The molecule has 0 fully saturated rings. The van der Waals surface area contributed by atoms with Crippen LogP contribution in [0.15, 0.2) is 12.3 Å². The molecular formula is C48H74O48S4. The van der Waals surface area contributed by atoms with Crippen molar-refractivity contribution in [2.75, 3.05) is 55.7 Å². The summed E-state index contributed by atoms with van der Waals surface area (Å²) in [4.78, 5) is 211. The maximum absolute atomic E-state index is 10.1. The number of carboxylic acids is 10. The van der Waals surface area contributed by atoms with Crippen LogP contribution >= 0.6 is 48.8 Å². The van der Waals surface area contributed by atoms with Gasteiger partial charge in [0.25, 0.3) is 77.7 Å². The van der Waals surface area contributed by atoms with Gasteiger partial charge in [0.15, 0.2) is 18.8 Å². The predicted octanol–water partition coefficient (Wildman–Crippen LogP) is -4.71. The molecular weight excluding hydrogens is 1470 g/mol. The van der Waals surface area contributed by atoms with Gasteiger partial charge in [-0.3, -0.25) is 91.1 Å². The molecule has 0 aromatic rings. The molecule has 0 aromatic heterocycles. The summed E-state index contributed by atoms with van der Waals surface area (Å²) >= 11 is 9.65. The molecule has 0 saturated carbocycles. The first-order chi connectivity index (χ1) is 46.7. The molecule has 0 radical (unpaired) electrons. The van der Waals surface area contributed by atoms with E-state index in [-0.39, 0.29) is 121 Å². The fourth-order valence-electron chi connectivity index (χ4n) is 2.81. The van der Waals surface area contributed by atoms with E-state index in [0.717, 1.165) is 18.0 Å². The van der Waals surface area contributed by atoms with Crippen molar-refractivity contribution in [3.63, 3.8) is 0 Å². The van der Waals surface area contributed by atoms with E-state index in [0.29, 0.717) is 37.1 Å². The van der Waals surface area contributed by atoms with Crippen LogP contribution in [0.4, 0.5) is 0 Å². The molecule has 5 atom stereocenters. The van der Waals surface area contributed by atoms with E-state index >= 15 is 0 Å². The van der Waals surface area contributed by atoms with Gasteiger partial charge in [-0.1, -0.05) is 0 Å². The molecule has 578 valence electrons. The number of carboxylic acid groups (broad SMARTS) is 10. The fraction of sp³-hybridized carbons (Fsp3) is 0.500. The van der Waals surface area contributed by atoms with Gasteiger partial charge in [-0.05, 0) is 20.8 Å². The molecule has 0 aliphatic heterocycles. The number of rotatable bonds is 46. The Labute approximate surface area is 581 Å². The molecule has 0 amide bonds. The van der Waals surface area contributed by atoms with Gasteiger partial charge in [0.2, 0.25) is 18.7 Å². The van der Waals surface area contributed by atoms with Crippen molar-refractivity contribution in [2.45, 2.75) is 95.1 Å². The van der Waals surface area contributed by atoms with Crippen LogP contribution in [0.5, 0.6) is 0 Å². The summed E-state index contributed by atoms with van der Waals surface area (Å²) < 4.78 is 48.6. The molecule has 0 heterocycles. The minimum absolute atomic E-state index is 0.00634. The van der Waals surface area contributed by atoms with E-state index in [1.54, 1.807) is 0 Å². The zero-order chi connectivity index (χ0) is 80.6. The summed E-state index contributed by atoms with van der Waals surface area (Å²) in [7, 11) is 0. The molecule has 0 bridgehead atoms. The van der Waals surface area contributed by atoms with Gasteiger partial charge in [0.1, 0.15) is 49.5 Å². The molecule has 0 aromatic carbocycles. The van der Waals surface area contributed by atoms with E-state index < -0.39 is 115 Å². The lowest BCUT2D eigenvalue weighted by atomic mass is 10.1. The van der Waals surface area contributed by atoms with E-state index in [1.807, 2.05) is 0 Å². The second-order valence-electron chi connectivity index (χ2n) is 14.6. The lowest BCUT2D eigenvalue weighted by Gasteiger charge is -2.19. The third-order valence-electron chi connectivity index (χ3n) is 6.26. The largest absolute Gasteiger partial charge is 0.481 e. The van der Waals surface area contributed by atoms with Gasteiger partial charge in [0, 0.05) is 11.5 Å². The molecule has 0 saturated heterocycles. The number of aliphatic carboxylic acids is 10. The molecule has 48 nitrogen and oxygen atoms in total. The molecule has 0 spiro atoms. The number of carbonyl (C=O) groups is 22. The van der Waals surface area contributed by atoms with Crippen molar-refractivity contribution in [3.05, 3.63) is 12.3 Å². The summed E-state index contributed by atoms with van der Waals surface area (Å²) in [6.07, 6.45) is -5.79. The molecule has 14 N–H and O–H groups in total. The summed E-state index contributed by atoms with van der Waals surface area (Å²) in [6.45, 7) is 5.99. The minimum atomic E-state index is -2.09. The summed E-state index contributed by atoms with van der Waals surface area (Å²) in [5, 5.41) is 113. The number of hydrogen-bond donors (Lipinski definition) is 16. The van der Waals surface area contributed by atoms with Crippen molar-refractivity contribution in [3.8, 4) is 0 Å². The molecule has 52 heteroatoms. The van der Waals surface area contributed by atoms with Crippen molar-refractivity contribution in [1.82, 2.24) is 0 Å². The highest BCUT2D eigenvalue weighted by Gasteiger charge is 2.24. The number of aliphatic hydroxyl groups is 4. The lowest BCUT2D eigenvalue weighted by molar-refractivity contribution is -0.186. The quantitative estimate of drug-likeness (QED) is 0.00518. The Morgan fingerprint density at radius 2 is 0.940 bits per heavy atom. The normalized spacial score (nSPS) is 10.2. The first-order valence-corrected chi connectivity index (χ1v) is 28.1. The second-order valence-corrected chi connectivity index (χ2v) is 17.6. The topological polar surface area (TPSA) is 770 Å². The van der Waals surface area contributed by atoms with Crippen LogP contribution in [-0.2, 0) is 162 Å². The van der Waals surface area contributed by atoms with Gasteiger partial charge in [-0.15, -0.1) is 37.0 Å². The third-order valence-corrected chi connectivity index (χ3v) is 8.42. The lowest BCUT2D eigenvalue weighted by Crippen LogP contribution is -2.35. The third kappa shape index (κ3) is 168. The molecule has 100 heavy (non-hydrogen) atoms. The summed E-state index contributed by atoms with van der Waals surface area (Å²) in [5.74, 6) is -9.36. The minimum Gasteiger partial charge on any atom is -0.481 e. The van der Waals surface area contributed by atoms with Crippen molar-refractivity contribution >= 4 is 186 Å².